The van der Waals surface area contributed by atoms with Crippen LogP contribution in [-0.4, -0.2) is 26.3 Å². The minimum absolute atomic E-state index is 0.294. The van der Waals surface area contributed by atoms with Crippen LogP contribution in [0.5, 0.6) is 17.2 Å². The predicted molar refractivity (Wildman–Crippen MR) is 130 cm³/mol. The molecular weight excluding hydrogens is 519 g/mol. The molecular formula is C23H19BrCl2N2O4. The molecule has 1 amide bonds. The lowest BCUT2D eigenvalue weighted by atomic mass is 10.2. The molecule has 0 aliphatic heterocycles. The zero-order chi connectivity index (χ0) is 23.1. The highest BCUT2D eigenvalue weighted by Crippen LogP contribution is 2.28. The van der Waals surface area contributed by atoms with Crippen molar-refractivity contribution in [3.8, 4) is 17.2 Å². The average Bonchev–Trinajstić information content (AvgIpc) is 2.79. The highest BCUT2D eigenvalue weighted by molar-refractivity contribution is 9.10. The molecule has 1 N–H and O–H groups in total. The van der Waals surface area contributed by atoms with E-state index in [9.17, 15) is 4.79 Å². The van der Waals surface area contributed by atoms with Gasteiger partial charge in [-0.3, -0.25) is 4.79 Å². The van der Waals surface area contributed by atoms with Crippen molar-refractivity contribution in [3.63, 3.8) is 0 Å². The van der Waals surface area contributed by atoms with E-state index in [2.05, 4.69) is 26.5 Å². The molecule has 3 rings (SSSR count). The van der Waals surface area contributed by atoms with Gasteiger partial charge in [-0.15, -0.1) is 0 Å². The third kappa shape index (κ3) is 6.38. The number of carbonyl (C=O) groups is 1. The van der Waals surface area contributed by atoms with Crippen LogP contribution in [0.1, 0.15) is 21.5 Å². The first kappa shape index (κ1) is 23.9. The average molecular weight is 538 g/mol. The number of hydrogen-bond donors (Lipinski definition) is 1. The van der Waals surface area contributed by atoms with Gasteiger partial charge in [0.15, 0.2) is 0 Å². The molecule has 0 spiro atoms. The van der Waals surface area contributed by atoms with Crippen molar-refractivity contribution >= 4 is 51.3 Å². The largest absolute Gasteiger partial charge is 0.497 e. The Morgan fingerprint density at radius 1 is 1.03 bits per heavy atom. The van der Waals surface area contributed by atoms with Crippen LogP contribution in [0.25, 0.3) is 0 Å². The fourth-order valence-corrected chi connectivity index (χ4v) is 3.65. The Morgan fingerprint density at radius 3 is 2.38 bits per heavy atom. The summed E-state index contributed by atoms with van der Waals surface area (Å²) in [4.78, 5) is 12.4. The molecule has 32 heavy (non-hydrogen) atoms. The molecule has 166 valence electrons. The summed E-state index contributed by atoms with van der Waals surface area (Å²) in [5.74, 6) is 1.27. The van der Waals surface area contributed by atoms with Gasteiger partial charge in [-0.05, 0) is 64.0 Å². The van der Waals surface area contributed by atoms with Gasteiger partial charge in [0.1, 0.15) is 23.9 Å². The molecule has 0 fully saturated rings. The van der Waals surface area contributed by atoms with Crippen LogP contribution in [0, 0.1) is 0 Å². The number of amides is 1. The van der Waals surface area contributed by atoms with Crippen molar-refractivity contribution in [2.45, 2.75) is 6.61 Å². The lowest BCUT2D eigenvalue weighted by molar-refractivity contribution is 0.0954. The van der Waals surface area contributed by atoms with Gasteiger partial charge in [0.05, 0.1) is 24.9 Å². The van der Waals surface area contributed by atoms with Crippen molar-refractivity contribution < 1.29 is 19.0 Å². The van der Waals surface area contributed by atoms with Crippen LogP contribution in [0.15, 0.2) is 64.2 Å². The van der Waals surface area contributed by atoms with Crippen molar-refractivity contribution in [3.05, 3.63) is 85.8 Å². The van der Waals surface area contributed by atoms with E-state index < -0.39 is 5.91 Å². The van der Waals surface area contributed by atoms with E-state index in [-0.39, 0.29) is 0 Å². The zero-order valence-corrected chi connectivity index (χ0v) is 20.3. The number of ether oxygens (including phenoxy) is 3. The number of rotatable bonds is 8. The molecule has 0 bridgehead atoms. The van der Waals surface area contributed by atoms with Crippen molar-refractivity contribution in [1.82, 2.24) is 5.43 Å². The van der Waals surface area contributed by atoms with E-state index in [1.165, 1.54) is 20.4 Å². The maximum Gasteiger partial charge on any atom is 0.271 e. The molecule has 0 aliphatic carbocycles. The molecule has 0 atom stereocenters. The maximum atomic E-state index is 12.4. The summed E-state index contributed by atoms with van der Waals surface area (Å²) in [5.41, 5.74) is 4.44. The second-order valence-corrected chi connectivity index (χ2v) is 8.21. The number of methoxy groups -OCH3 is 2. The molecule has 0 saturated heterocycles. The third-order valence-corrected chi connectivity index (χ3v) is 5.55. The first-order chi connectivity index (χ1) is 15.4. The van der Waals surface area contributed by atoms with Gasteiger partial charge in [-0.2, -0.15) is 5.10 Å². The van der Waals surface area contributed by atoms with E-state index in [1.807, 2.05) is 18.2 Å². The zero-order valence-electron chi connectivity index (χ0n) is 17.2. The number of hydrogen-bond acceptors (Lipinski definition) is 5. The van der Waals surface area contributed by atoms with Gasteiger partial charge in [0.25, 0.3) is 5.91 Å². The molecule has 9 heteroatoms. The maximum absolute atomic E-state index is 12.4. The monoisotopic (exact) mass is 536 g/mol. The number of halogens is 3. The first-order valence-electron chi connectivity index (χ1n) is 9.32. The van der Waals surface area contributed by atoms with E-state index in [0.717, 1.165) is 15.6 Å². The standard InChI is InChI=1S/C23H19BrCl2N2O4/c1-30-18-8-16(9-19(11-18)31-2)23(29)28-27-12-14-3-6-22(20(24)7-14)32-13-15-4-5-17(25)10-21(15)26/h3-12H,13H2,1-2H3,(H,28,29)/b27-12-. The topological polar surface area (TPSA) is 69.2 Å². The van der Waals surface area contributed by atoms with Crippen molar-refractivity contribution in [2.24, 2.45) is 5.10 Å². The number of benzene rings is 3. The second-order valence-electron chi connectivity index (χ2n) is 6.51. The number of carbonyl (C=O) groups excluding carboxylic acids is 1. The van der Waals surface area contributed by atoms with E-state index in [1.54, 1.807) is 36.4 Å². The number of nitrogens with one attached hydrogen (secondary N) is 1. The highest BCUT2D eigenvalue weighted by atomic mass is 79.9. The summed E-state index contributed by atoms with van der Waals surface area (Å²) in [5, 5.41) is 5.13. The van der Waals surface area contributed by atoms with Gasteiger partial charge in [0.2, 0.25) is 0 Å². The summed E-state index contributed by atoms with van der Waals surface area (Å²) in [6, 6.07) is 15.6. The van der Waals surface area contributed by atoms with Crippen LogP contribution in [-0.2, 0) is 6.61 Å². The third-order valence-electron chi connectivity index (χ3n) is 4.35. The van der Waals surface area contributed by atoms with Crippen LogP contribution in [0.4, 0.5) is 0 Å². The minimum atomic E-state index is -0.391. The van der Waals surface area contributed by atoms with Crippen molar-refractivity contribution in [1.29, 1.82) is 0 Å². The highest BCUT2D eigenvalue weighted by Gasteiger charge is 2.09. The van der Waals surface area contributed by atoms with Crippen LogP contribution >= 0.6 is 39.1 Å². The normalized spacial score (nSPS) is 10.8. The Morgan fingerprint density at radius 2 is 1.75 bits per heavy atom. The number of hydrazone groups is 1. The van der Waals surface area contributed by atoms with Gasteiger partial charge in [-0.1, -0.05) is 29.3 Å². The van der Waals surface area contributed by atoms with E-state index in [4.69, 9.17) is 37.4 Å². The van der Waals surface area contributed by atoms with Crippen LogP contribution in [0.3, 0.4) is 0 Å². The summed E-state index contributed by atoms with van der Waals surface area (Å²) < 4.78 is 16.9. The lowest BCUT2D eigenvalue weighted by Crippen LogP contribution is -2.17. The minimum Gasteiger partial charge on any atom is -0.497 e. The smallest absolute Gasteiger partial charge is 0.271 e. The second kappa shape index (κ2) is 11.2. The Labute approximate surface area is 204 Å². The first-order valence-corrected chi connectivity index (χ1v) is 10.9. The van der Waals surface area contributed by atoms with Gasteiger partial charge in [0, 0.05) is 27.2 Å². The molecule has 0 aliphatic rings. The molecule has 0 aromatic heterocycles. The van der Waals surface area contributed by atoms with E-state index >= 15 is 0 Å². The van der Waals surface area contributed by atoms with Gasteiger partial charge in [-0.25, -0.2) is 5.43 Å². The van der Waals surface area contributed by atoms with Crippen molar-refractivity contribution in [2.75, 3.05) is 14.2 Å². The van der Waals surface area contributed by atoms with E-state index in [0.29, 0.717) is 39.5 Å². The summed E-state index contributed by atoms with van der Waals surface area (Å²) >= 11 is 15.6. The predicted octanol–water partition coefficient (Wildman–Crippen LogP) is 6.12. The molecule has 0 radical (unpaired) electrons. The Kier molecular flexibility index (Phi) is 8.39. The molecule has 3 aromatic carbocycles. The fourth-order valence-electron chi connectivity index (χ4n) is 2.68. The summed E-state index contributed by atoms with van der Waals surface area (Å²) in [6.07, 6.45) is 1.53. The summed E-state index contributed by atoms with van der Waals surface area (Å²) in [7, 11) is 3.04. The fraction of sp³-hybridized carbons (Fsp3) is 0.130. The Bertz CT molecular complexity index is 1130. The SMILES string of the molecule is COc1cc(OC)cc(C(=O)N/N=C\c2ccc(OCc3ccc(Cl)cc3Cl)c(Br)c2)c1. The van der Waals surface area contributed by atoms with Crippen LogP contribution < -0.4 is 19.6 Å². The molecule has 0 unspecified atom stereocenters. The molecule has 3 aromatic rings. The Balaban J connectivity index is 1.62. The van der Waals surface area contributed by atoms with Crippen LogP contribution in [0.2, 0.25) is 10.0 Å². The quantitative estimate of drug-likeness (QED) is 0.278. The Hall–Kier alpha value is -2.74. The van der Waals surface area contributed by atoms with Gasteiger partial charge < -0.3 is 14.2 Å². The molecule has 6 nitrogen and oxygen atoms in total. The lowest BCUT2D eigenvalue weighted by Gasteiger charge is -2.10. The number of nitrogens with zero attached hydrogens (tertiary/aromatic N) is 1. The summed E-state index contributed by atoms with van der Waals surface area (Å²) in [6.45, 7) is 0.294. The molecule has 0 saturated carbocycles. The molecule has 0 heterocycles. The van der Waals surface area contributed by atoms with Gasteiger partial charge >= 0.3 is 0 Å².